The zero-order chi connectivity index (χ0) is 8.39. The molecule has 1 atom stereocenters. The maximum atomic E-state index is 12.6. The Morgan fingerprint density at radius 1 is 1.42 bits per heavy atom. The number of halogens is 1. The lowest BCUT2D eigenvalue weighted by Gasteiger charge is -2.22. The number of hydrogen-bond acceptors (Lipinski definition) is 1. The van der Waals surface area contributed by atoms with E-state index in [1.54, 1.807) is 6.07 Å². The first kappa shape index (κ1) is 7.80. The first-order chi connectivity index (χ1) is 5.86. The lowest BCUT2D eigenvalue weighted by molar-refractivity contribution is 0.406. The van der Waals surface area contributed by atoms with Crippen molar-refractivity contribution in [2.45, 2.75) is 25.3 Å². The summed E-state index contributed by atoms with van der Waals surface area (Å²) in [6.07, 6.45) is 4.99. The van der Waals surface area contributed by atoms with Gasteiger partial charge in [0.05, 0.1) is 0 Å². The fourth-order valence-corrected chi connectivity index (χ4v) is 1.70. The van der Waals surface area contributed by atoms with Crippen LogP contribution in [0.4, 0.5) is 4.39 Å². The summed E-state index contributed by atoms with van der Waals surface area (Å²) in [7, 11) is 0. The molecule has 2 N–H and O–H groups in total. The van der Waals surface area contributed by atoms with E-state index in [9.17, 15) is 4.39 Å². The summed E-state index contributed by atoms with van der Waals surface area (Å²) < 4.78 is 12.6. The normalized spacial score (nSPS) is 24.2. The second-order valence-corrected chi connectivity index (χ2v) is 3.28. The molecule has 0 aromatic carbocycles. The summed E-state index contributed by atoms with van der Waals surface area (Å²) in [5.41, 5.74) is 0.979. The largest absolute Gasteiger partial charge is 0.361 e. The summed E-state index contributed by atoms with van der Waals surface area (Å²) in [6.45, 7) is 1.05. The Labute approximate surface area is 71.2 Å². The van der Waals surface area contributed by atoms with Crippen molar-refractivity contribution in [3.05, 3.63) is 23.8 Å². The van der Waals surface area contributed by atoms with Crippen LogP contribution in [0.5, 0.6) is 0 Å². The monoisotopic (exact) mass is 168 g/mol. The van der Waals surface area contributed by atoms with Gasteiger partial charge in [-0.25, -0.2) is 4.39 Å². The van der Waals surface area contributed by atoms with Crippen LogP contribution in [0.15, 0.2) is 12.3 Å². The Morgan fingerprint density at radius 3 is 2.92 bits per heavy atom. The molecule has 0 saturated carbocycles. The zero-order valence-electron chi connectivity index (χ0n) is 6.94. The predicted octanol–water partition coefficient (Wildman–Crippen LogP) is 1.97. The molecule has 0 radical (unpaired) electrons. The van der Waals surface area contributed by atoms with Crippen LogP contribution >= 0.6 is 0 Å². The molecule has 1 aliphatic rings. The Kier molecular flexibility index (Phi) is 2.13. The Morgan fingerprint density at radius 2 is 2.33 bits per heavy atom. The number of aromatic nitrogens is 1. The molecule has 1 fully saturated rings. The maximum Gasteiger partial charge on any atom is 0.140 e. The quantitative estimate of drug-likeness (QED) is 0.659. The Balaban J connectivity index is 2.08. The molecule has 12 heavy (non-hydrogen) atoms. The average molecular weight is 168 g/mol. The summed E-state index contributed by atoms with van der Waals surface area (Å²) in [4.78, 5) is 2.94. The van der Waals surface area contributed by atoms with Gasteiger partial charge in [-0.3, -0.25) is 0 Å². The fourth-order valence-electron chi connectivity index (χ4n) is 1.70. The van der Waals surface area contributed by atoms with Crippen molar-refractivity contribution in [2.24, 2.45) is 0 Å². The van der Waals surface area contributed by atoms with E-state index >= 15 is 0 Å². The van der Waals surface area contributed by atoms with E-state index in [4.69, 9.17) is 0 Å². The molecule has 3 heteroatoms. The van der Waals surface area contributed by atoms with E-state index in [1.807, 2.05) is 0 Å². The lowest BCUT2D eigenvalue weighted by Crippen LogP contribution is -2.26. The van der Waals surface area contributed by atoms with E-state index in [0.29, 0.717) is 6.04 Å². The first-order valence-corrected chi connectivity index (χ1v) is 4.43. The van der Waals surface area contributed by atoms with Crippen LogP contribution < -0.4 is 5.32 Å². The van der Waals surface area contributed by atoms with Crippen molar-refractivity contribution in [2.75, 3.05) is 6.54 Å². The molecular weight excluding hydrogens is 155 g/mol. The van der Waals surface area contributed by atoms with Crippen LogP contribution in [0, 0.1) is 5.82 Å². The van der Waals surface area contributed by atoms with Crippen LogP contribution in [0.1, 0.15) is 31.0 Å². The second kappa shape index (κ2) is 3.27. The predicted molar refractivity (Wildman–Crippen MR) is 45.3 cm³/mol. The molecule has 1 aromatic rings. The lowest BCUT2D eigenvalue weighted by atomic mass is 10.0. The van der Waals surface area contributed by atoms with E-state index in [2.05, 4.69) is 10.3 Å². The smallest absolute Gasteiger partial charge is 0.140 e. The molecule has 1 aliphatic heterocycles. The molecular formula is C9H13FN2. The first-order valence-electron chi connectivity index (χ1n) is 4.43. The second-order valence-electron chi connectivity index (χ2n) is 3.28. The van der Waals surface area contributed by atoms with Crippen molar-refractivity contribution in [1.82, 2.24) is 10.3 Å². The molecule has 0 unspecified atom stereocenters. The number of aromatic amines is 1. The van der Waals surface area contributed by atoms with Crippen LogP contribution in [0.25, 0.3) is 0 Å². The van der Waals surface area contributed by atoms with Gasteiger partial charge < -0.3 is 10.3 Å². The molecule has 2 heterocycles. The number of rotatable bonds is 1. The molecule has 1 saturated heterocycles. The van der Waals surface area contributed by atoms with Crippen LogP contribution in [-0.4, -0.2) is 11.5 Å². The van der Waals surface area contributed by atoms with Crippen LogP contribution in [0.2, 0.25) is 0 Å². The van der Waals surface area contributed by atoms with Gasteiger partial charge in [-0.1, -0.05) is 6.42 Å². The van der Waals surface area contributed by atoms with E-state index in [-0.39, 0.29) is 5.82 Å². The van der Waals surface area contributed by atoms with Gasteiger partial charge in [0, 0.05) is 17.9 Å². The number of piperidine rings is 1. The van der Waals surface area contributed by atoms with Gasteiger partial charge in [0.2, 0.25) is 0 Å². The minimum absolute atomic E-state index is 0.169. The molecule has 66 valence electrons. The fraction of sp³-hybridized carbons (Fsp3) is 0.556. The van der Waals surface area contributed by atoms with E-state index in [0.717, 1.165) is 18.7 Å². The van der Waals surface area contributed by atoms with Gasteiger partial charge >= 0.3 is 0 Å². The van der Waals surface area contributed by atoms with E-state index < -0.39 is 0 Å². The highest BCUT2D eigenvalue weighted by molar-refractivity contribution is 5.11. The van der Waals surface area contributed by atoms with Crippen molar-refractivity contribution >= 4 is 0 Å². The molecule has 0 amide bonds. The van der Waals surface area contributed by atoms with Gasteiger partial charge in [-0.2, -0.15) is 0 Å². The van der Waals surface area contributed by atoms with Gasteiger partial charge in [-0.05, 0) is 25.5 Å². The molecule has 0 bridgehead atoms. The number of H-pyrrole nitrogens is 1. The SMILES string of the molecule is Fc1c[nH]c([C@@H]2CCCCN2)c1. The minimum atomic E-state index is -0.169. The zero-order valence-corrected chi connectivity index (χ0v) is 6.94. The third-order valence-electron chi connectivity index (χ3n) is 2.36. The summed E-state index contributed by atoms with van der Waals surface area (Å²) in [5, 5.41) is 3.35. The van der Waals surface area contributed by atoms with Crippen molar-refractivity contribution in [3.8, 4) is 0 Å². The molecule has 2 rings (SSSR count). The van der Waals surface area contributed by atoms with Gasteiger partial charge in [-0.15, -0.1) is 0 Å². The van der Waals surface area contributed by atoms with Gasteiger partial charge in [0.1, 0.15) is 5.82 Å². The van der Waals surface area contributed by atoms with Gasteiger partial charge in [0.15, 0.2) is 0 Å². The third-order valence-corrected chi connectivity index (χ3v) is 2.36. The van der Waals surface area contributed by atoms with Crippen molar-refractivity contribution in [1.29, 1.82) is 0 Å². The number of nitrogens with one attached hydrogen (secondary N) is 2. The minimum Gasteiger partial charge on any atom is -0.361 e. The third kappa shape index (κ3) is 1.50. The number of hydrogen-bond donors (Lipinski definition) is 2. The van der Waals surface area contributed by atoms with Crippen molar-refractivity contribution in [3.63, 3.8) is 0 Å². The molecule has 2 nitrogen and oxygen atoms in total. The highest BCUT2D eigenvalue weighted by Gasteiger charge is 2.15. The summed E-state index contributed by atoms with van der Waals surface area (Å²) in [6, 6.07) is 1.91. The highest BCUT2D eigenvalue weighted by atomic mass is 19.1. The highest BCUT2D eigenvalue weighted by Crippen LogP contribution is 2.21. The standard InChI is InChI=1S/C9H13FN2/c10-7-5-9(12-6-7)8-3-1-2-4-11-8/h5-6,8,11-12H,1-4H2/t8-/m0/s1. The molecule has 1 aromatic heterocycles. The summed E-state index contributed by atoms with van der Waals surface area (Å²) >= 11 is 0. The topological polar surface area (TPSA) is 27.8 Å². The Hall–Kier alpha value is -0.830. The molecule has 0 aliphatic carbocycles. The van der Waals surface area contributed by atoms with Crippen LogP contribution in [0.3, 0.4) is 0 Å². The van der Waals surface area contributed by atoms with Crippen molar-refractivity contribution < 1.29 is 4.39 Å². The molecule has 0 spiro atoms. The van der Waals surface area contributed by atoms with E-state index in [1.165, 1.54) is 19.0 Å². The summed E-state index contributed by atoms with van der Waals surface area (Å²) in [5.74, 6) is -0.169. The van der Waals surface area contributed by atoms with Gasteiger partial charge in [0.25, 0.3) is 0 Å². The average Bonchev–Trinajstić information content (AvgIpc) is 2.54. The Bertz CT molecular complexity index is 251. The van der Waals surface area contributed by atoms with Crippen LogP contribution in [-0.2, 0) is 0 Å². The maximum absolute atomic E-state index is 12.6.